The molecule has 2 rings (SSSR count). The number of halogens is 2. The van der Waals surface area contributed by atoms with E-state index < -0.39 is 11.7 Å². The van der Waals surface area contributed by atoms with E-state index in [0.29, 0.717) is 22.2 Å². The molecular weight excluding hydrogens is 325 g/mol. The van der Waals surface area contributed by atoms with Crippen molar-refractivity contribution in [2.24, 2.45) is 0 Å². The fraction of sp³-hybridized carbons (Fsp3) is 0.188. The number of nitrogens with one attached hydrogen (secondary N) is 1. The number of anilines is 1. The van der Waals surface area contributed by atoms with Crippen molar-refractivity contribution in [1.82, 2.24) is 0 Å². The van der Waals surface area contributed by atoms with Crippen molar-refractivity contribution < 1.29 is 23.4 Å². The number of rotatable bonds is 6. The third-order valence-electron chi connectivity index (χ3n) is 2.91. The zero-order valence-corrected chi connectivity index (χ0v) is 13.3. The van der Waals surface area contributed by atoms with Crippen molar-refractivity contribution in [3.63, 3.8) is 0 Å². The first kappa shape index (κ1) is 16.9. The number of hydrogen-bond donors (Lipinski definition) is 1. The topological polar surface area (TPSA) is 56.8 Å². The Balaban J connectivity index is 2.05. The number of hydrogen-bond acceptors (Lipinski definition) is 4. The minimum atomic E-state index is -0.438. The van der Waals surface area contributed by atoms with E-state index in [1.54, 1.807) is 12.1 Å². The molecule has 1 N–H and O–H groups in total. The van der Waals surface area contributed by atoms with Gasteiger partial charge in [-0.2, -0.15) is 0 Å². The van der Waals surface area contributed by atoms with Gasteiger partial charge in [0.05, 0.1) is 24.9 Å². The van der Waals surface area contributed by atoms with E-state index in [2.05, 4.69) is 5.32 Å². The lowest BCUT2D eigenvalue weighted by Gasteiger charge is -2.13. The Kier molecular flexibility index (Phi) is 5.65. The van der Waals surface area contributed by atoms with E-state index in [1.807, 2.05) is 0 Å². The molecule has 1 amide bonds. The summed E-state index contributed by atoms with van der Waals surface area (Å²) < 4.78 is 28.5. The Morgan fingerprint density at radius 1 is 1.17 bits per heavy atom. The van der Waals surface area contributed by atoms with Crippen molar-refractivity contribution in [3.05, 3.63) is 47.2 Å². The van der Waals surface area contributed by atoms with Gasteiger partial charge in [-0.3, -0.25) is 4.79 Å². The minimum absolute atomic E-state index is 0.265. The predicted molar refractivity (Wildman–Crippen MR) is 85.1 cm³/mol. The monoisotopic (exact) mass is 339 g/mol. The van der Waals surface area contributed by atoms with Gasteiger partial charge >= 0.3 is 0 Å². The number of carbonyl (C=O) groups excluding carboxylic acids is 1. The van der Waals surface area contributed by atoms with E-state index in [4.69, 9.17) is 25.8 Å². The van der Waals surface area contributed by atoms with Crippen LogP contribution in [0.3, 0.4) is 0 Å². The molecule has 0 fully saturated rings. The summed E-state index contributed by atoms with van der Waals surface area (Å²) in [6.07, 6.45) is 0. The summed E-state index contributed by atoms with van der Waals surface area (Å²) in [6.45, 7) is -0.280. The SMILES string of the molecule is COc1cc(NC(=O)COc2cccc(F)c2)c(OC)cc1Cl. The standard InChI is InChI=1S/C16H15ClFNO4/c1-21-14-8-13(15(22-2)7-12(14)17)19-16(20)9-23-11-5-3-4-10(18)6-11/h3-8H,9H2,1-2H3,(H,19,20). The predicted octanol–water partition coefficient (Wildman–Crippen LogP) is 3.51. The zero-order chi connectivity index (χ0) is 16.8. The minimum Gasteiger partial charge on any atom is -0.495 e. The molecule has 23 heavy (non-hydrogen) atoms. The number of benzene rings is 2. The molecule has 2 aromatic rings. The van der Waals surface area contributed by atoms with E-state index >= 15 is 0 Å². The van der Waals surface area contributed by atoms with Gasteiger partial charge in [-0.15, -0.1) is 0 Å². The summed E-state index contributed by atoms with van der Waals surface area (Å²) >= 11 is 5.99. The van der Waals surface area contributed by atoms with Gasteiger partial charge in [0, 0.05) is 18.2 Å². The van der Waals surface area contributed by atoms with Gasteiger partial charge in [-0.1, -0.05) is 17.7 Å². The number of methoxy groups -OCH3 is 2. The lowest BCUT2D eigenvalue weighted by Crippen LogP contribution is -2.20. The third kappa shape index (κ3) is 4.50. The van der Waals surface area contributed by atoms with Crippen LogP contribution in [0.5, 0.6) is 17.2 Å². The normalized spacial score (nSPS) is 10.1. The molecule has 0 aliphatic rings. The van der Waals surface area contributed by atoms with Gasteiger partial charge in [-0.05, 0) is 12.1 Å². The van der Waals surface area contributed by atoms with Crippen molar-refractivity contribution in [1.29, 1.82) is 0 Å². The molecule has 0 saturated heterocycles. The lowest BCUT2D eigenvalue weighted by molar-refractivity contribution is -0.118. The lowest BCUT2D eigenvalue weighted by atomic mass is 10.2. The van der Waals surface area contributed by atoms with Gasteiger partial charge in [0.2, 0.25) is 0 Å². The molecule has 5 nitrogen and oxygen atoms in total. The van der Waals surface area contributed by atoms with Crippen LogP contribution in [0.1, 0.15) is 0 Å². The molecule has 0 saturated carbocycles. The summed E-state index contributed by atoms with van der Waals surface area (Å²) in [7, 11) is 2.92. The fourth-order valence-corrected chi connectivity index (χ4v) is 2.08. The molecule has 0 aliphatic carbocycles. The highest BCUT2D eigenvalue weighted by Crippen LogP contribution is 2.35. The van der Waals surface area contributed by atoms with Crippen molar-refractivity contribution in [2.75, 3.05) is 26.1 Å². The molecule has 0 spiro atoms. The molecule has 0 unspecified atom stereocenters. The molecular formula is C16H15ClFNO4. The Bertz CT molecular complexity index is 708. The highest BCUT2D eigenvalue weighted by Gasteiger charge is 2.13. The average molecular weight is 340 g/mol. The highest BCUT2D eigenvalue weighted by atomic mass is 35.5. The molecule has 0 atom stereocenters. The largest absolute Gasteiger partial charge is 0.495 e. The smallest absolute Gasteiger partial charge is 0.262 e. The first-order chi connectivity index (χ1) is 11.0. The maximum absolute atomic E-state index is 13.0. The summed E-state index contributed by atoms with van der Waals surface area (Å²) in [4.78, 5) is 12.0. The summed E-state index contributed by atoms with van der Waals surface area (Å²) in [5.74, 6) is 0.175. The van der Waals surface area contributed by atoms with Gasteiger partial charge in [0.15, 0.2) is 6.61 Å². The second-order valence-electron chi connectivity index (χ2n) is 4.48. The molecule has 2 aromatic carbocycles. The molecule has 0 bridgehead atoms. The van der Waals surface area contributed by atoms with E-state index in [0.717, 1.165) is 0 Å². The maximum atomic E-state index is 13.0. The first-order valence-corrected chi connectivity index (χ1v) is 7.01. The maximum Gasteiger partial charge on any atom is 0.262 e. The zero-order valence-electron chi connectivity index (χ0n) is 12.6. The number of amides is 1. The molecule has 0 aromatic heterocycles. The van der Waals surface area contributed by atoms with Crippen molar-refractivity contribution >= 4 is 23.2 Å². The Labute approximate surface area is 137 Å². The molecule has 122 valence electrons. The molecule has 7 heteroatoms. The molecule has 0 aliphatic heterocycles. The number of carbonyl (C=O) groups is 1. The van der Waals surface area contributed by atoms with E-state index in [9.17, 15) is 9.18 Å². The van der Waals surface area contributed by atoms with Gasteiger partial charge < -0.3 is 19.5 Å². The summed E-state index contributed by atoms with van der Waals surface area (Å²) in [5, 5.41) is 2.99. The first-order valence-electron chi connectivity index (χ1n) is 6.63. The van der Waals surface area contributed by atoms with Crippen molar-refractivity contribution in [2.45, 2.75) is 0 Å². The van der Waals surface area contributed by atoms with Crippen LogP contribution >= 0.6 is 11.6 Å². The van der Waals surface area contributed by atoms with Crippen LogP contribution < -0.4 is 19.5 Å². The van der Waals surface area contributed by atoms with Crippen LogP contribution in [0.2, 0.25) is 5.02 Å². The Morgan fingerprint density at radius 3 is 2.57 bits per heavy atom. The summed E-state index contributed by atoms with van der Waals surface area (Å²) in [5.41, 5.74) is 0.390. The fourth-order valence-electron chi connectivity index (χ4n) is 1.85. The van der Waals surface area contributed by atoms with E-state index in [-0.39, 0.29) is 12.4 Å². The molecule has 0 heterocycles. The average Bonchev–Trinajstić information content (AvgIpc) is 2.54. The second kappa shape index (κ2) is 7.69. The Hall–Kier alpha value is -2.47. The summed E-state index contributed by atoms with van der Waals surface area (Å²) in [6, 6.07) is 8.61. The highest BCUT2D eigenvalue weighted by molar-refractivity contribution is 6.32. The van der Waals surface area contributed by atoms with Crippen molar-refractivity contribution in [3.8, 4) is 17.2 Å². The molecule has 0 radical (unpaired) electrons. The quantitative estimate of drug-likeness (QED) is 0.875. The van der Waals surface area contributed by atoms with Gasteiger partial charge in [0.1, 0.15) is 23.1 Å². The van der Waals surface area contributed by atoms with Gasteiger partial charge in [-0.25, -0.2) is 4.39 Å². The van der Waals surface area contributed by atoms with Crippen LogP contribution in [-0.2, 0) is 4.79 Å². The van der Waals surface area contributed by atoms with E-state index in [1.165, 1.54) is 38.5 Å². The van der Waals surface area contributed by atoms with Crippen LogP contribution in [0.25, 0.3) is 0 Å². The van der Waals surface area contributed by atoms with Crippen LogP contribution in [0.4, 0.5) is 10.1 Å². The van der Waals surface area contributed by atoms with Crippen LogP contribution in [0, 0.1) is 5.82 Å². The third-order valence-corrected chi connectivity index (χ3v) is 3.21. The van der Waals surface area contributed by atoms with Crippen LogP contribution in [0.15, 0.2) is 36.4 Å². The number of ether oxygens (including phenoxy) is 3. The second-order valence-corrected chi connectivity index (χ2v) is 4.89. The Morgan fingerprint density at radius 2 is 1.91 bits per heavy atom. The van der Waals surface area contributed by atoms with Gasteiger partial charge in [0.25, 0.3) is 5.91 Å². The van der Waals surface area contributed by atoms with Crippen LogP contribution in [-0.4, -0.2) is 26.7 Å².